The van der Waals surface area contributed by atoms with Gasteiger partial charge < -0.3 is 9.84 Å². The molecule has 0 heterocycles. The van der Waals surface area contributed by atoms with E-state index < -0.39 is 17.7 Å². The molecule has 18 heavy (non-hydrogen) atoms. The van der Waals surface area contributed by atoms with Crippen molar-refractivity contribution >= 4 is 5.97 Å². The van der Waals surface area contributed by atoms with Gasteiger partial charge in [-0.15, -0.1) is 13.2 Å². The van der Waals surface area contributed by atoms with Crippen molar-refractivity contribution in [1.29, 1.82) is 0 Å². The fourth-order valence-corrected chi connectivity index (χ4v) is 1.82. The van der Waals surface area contributed by atoms with Crippen molar-refractivity contribution in [1.82, 2.24) is 0 Å². The molecule has 0 radical (unpaired) electrons. The van der Waals surface area contributed by atoms with Crippen LogP contribution in [0.2, 0.25) is 0 Å². The van der Waals surface area contributed by atoms with Gasteiger partial charge in [0.2, 0.25) is 0 Å². The lowest BCUT2D eigenvalue weighted by molar-refractivity contribution is -0.274. The fraction of sp³-hybridized carbons (Fsp3) is 0.417. The summed E-state index contributed by atoms with van der Waals surface area (Å²) in [6.07, 6.45) is -3.14. The SMILES string of the molecule is O=C(O)C1(Cc2ccc(OC(F)(F)F)cc2)CC1. The predicted octanol–water partition coefficient (Wildman–Crippen LogP) is 2.99. The maximum atomic E-state index is 11.9. The summed E-state index contributed by atoms with van der Waals surface area (Å²) in [4.78, 5) is 11.0. The Hall–Kier alpha value is -1.72. The van der Waals surface area contributed by atoms with E-state index in [4.69, 9.17) is 5.11 Å². The van der Waals surface area contributed by atoms with E-state index in [9.17, 15) is 18.0 Å². The van der Waals surface area contributed by atoms with Crippen molar-refractivity contribution in [2.24, 2.45) is 5.41 Å². The number of carboxylic acids is 1. The van der Waals surface area contributed by atoms with Crippen LogP contribution < -0.4 is 4.74 Å². The molecule has 0 saturated heterocycles. The lowest BCUT2D eigenvalue weighted by atomic mass is 9.97. The molecule has 0 amide bonds. The molecule has 0 aromatic heterocycles. The van der Waals surface area contributed by atoms with Crippen molar-refractivity contribution in [2.45, 2.75) is 25.6 Å². The molecule has 1 N–H and O–H groups in total. The molecule has 1 aromatic rings. The number of aliphatic carboxylic acids is 1. The van der Waals surface area contributed by atoms with E-state index in [1.54, 1.807) is 0 Å². The summed E-state index contributed by atoms with van der Waals surface area (Å²) in [5.41, 5.74) is -0.0173. The highest BCUT2D eigenvalue weighted by Crippen LogP contribution is 2.48. The van der Waals surface area contributed by atoms with Crippen LogP contribution in [0.4, 0.5) is 13.2 Å². The third-order valence-electron chi connectivity index (χ3n) is 3.01. The van der Waals surface area contributed by atoms with Gasteiger partial charge in [-0.3, -0.25) is 4.79 Å². The third kappa shape index (κ3) is 2.94. The first-order chi connectivity index (χ1) is 8.31. The normalized spacial score (nSPS) is 17.3. The summed E-state index contributed by atoms with van der Waals surface area (Å²) in [5, 5.41) is 9.00. The van der Waals surface area contributed by atoms with Crippen LogP contribution in [-0.4, -0.2) is 17.4 Å². The molecule has 0 aliphatic heterocycles. The molecule has 1 aliphatic rings. The van der Waals surface area contributed by atoms with Gasteiger partial charge in [0.15, 0.2) is 0 Å². The molecule has 0 unspecified atom stereocenters. The average molecular weight is 260 g/mol. The standard InChI is InChI=1S/C12H11F3O3/c13-12(14,15)18-9-3-1-8(2-4-9)7-11(5-6-11)10(16)17/h1-4H,5-7H2,(H,16,17). The highest BCUT2D eigenvalue weighted by atomic mass is 19.4. The summed E-state index contributed by atoms with van der Waals surface area (Å²) in [5.74, 6) is -1.15. The molecule has 2 rings (SSSR count). The fourth-order valence-electron chi connectivity index (χ4n) is 1.82. The zero-order chi connectivity index (χ0) is 13.4. The Morgan fingerprint density at radius 2 is 1.83 bits per heavy atom. The maximum absolute atomic E-state index is 11.9. The van der Waals surface area contributed by atoms with Gasteiger partial charge in [-0.05, 0) is 37.0 Å². The molecular weight excluding hydrogens is 249 g/mol. The molecule has 0 atom stereocenters. The first-order valence-corrected chi connectivity index (χ1v) is 5.39. The Morgan fingerprint density at radius 1 is 1.28 bits per heavy atom. The maximum Gasteiger partial charge on any atom is 0.573 e. The van der Waals surface area contributed by atoms with Crippen LogP contribution in [0.3, 0.4) is 0 Å². The molecule has 6 heteroatoms. The van der Waals surface area contributed by atoms with Crippen LogP contribution in [0.25, 0.3) is 0 Å². The van der Waals surface area contributed by atoms with Crippen LogP contribution in [0, 0.1) is 5.41 Å². The second-order valence-corrected chi connectivity index (χ2v) is 4.45. The van der Waals surface area contributed by atoms with Gasteiger partial charge in [0.25, 0.3) is 0 Å². The summed E-state index contributed by atoms with van der Waals surface area (Å²) in [7, 11) is 0. The van der Waals surface area contributed by atoms with E-state index in [1.165, 1.54) is 24.3 Å². The molecule has 1 aliphatic carbocycles. The van der Waals surface area contributed by atoms with Gasteiger partial charge in [-0.2, -0.15) is 0 Å². The molecular formula is C12H11F3O3. The lowest BCUT2D eigenvalue weighted by Crippen LogP contribution is -2.18. The first-order valence-electron chi connectivity index (χ1n) is 5.39. The van der Waals surface area contributed by atoms with Crippen LogP contribution >= 0.6 is 0 Å². The van der Waals surface area contributed by atoms with Gasteiger partial charge >= 0.3 is 12.3 Å². The number of rotatable bonds is 4. The van der Waals surface area contributed by atoms with E-state index in [0.717, 1.165) is 0 Å². The van der Waals surface area contributed by atoms with Gasteiger partial charge in [0, 0.05) is 0 Å². The second-order valence-electron chi connectivity index (χ2n) is 4.45. The summed E-state index contributed by atoms with van der Waals surface area (Å²) < 4.78 is 39.5. The number of benzene rings is 1. The predicted molar refractivity (Wildman–Crippen MR) is 56.1 cm³/mol. The number of carboxylic acid groups (broad SMARTS) is 1. The lowest BCUT2D eigenvalue weighted by Gasteiger charge is -2.11. The van der Waals surface area contributed by atoms with Crippen molar-refractivity contribution in [3.05, 3.63) is 29.8 Å². The first kappa shape index (κ1) is 12.7. The largest absolute Gasteiger partial charge is 0.573 e. The molecule has 1 saturated carbocycles. The monoisotopic (exact) mass is 260 g/mol. The molecule has 1 fully saturated rings. The number of hydrogen-bond donors (Lipinski definition) is 1. The topological polar surface area (TPSA) is 46.5 Å². The zero-order valence-corrected chi connectivity index (χ0v) is 9.33. The van der Waals surface area contributed by atoms with Gasteiger partial charge in [0.05, 0.1) is 5.41 Å². The minimum Gasteiger partial charge on any atom is -0.481 e. The average Bonchev–Trinajstić information content (AvgIpc) is 3.00. The molecule has 3 nitrogen and oxygen atoms in total. The van der Waals surface area contributed by atoms with Crippen molar-refractivity contribution in [3.8, 4) is 5.75 Å². The third-order valence-corrected chi connectivity index (χ3v) is 3.01. The molecule has 0 bridgehead atoms. The van der Waals surface area contributed by atoms with Crippen LogP contribution in [-0.2, 0) is 11.2 Å². The summed E-state index contributed by atoms with van der Waals surface area (Å²) in [6.45, 7) is 0. The van der Waals surface area contributed by atoms with Crippen LogP contribution in [0.15, 0.2) is 24.3 Å². The van der Waals surface area contributed by atoms with Crippen LogP contribution in [0.5, 0.6) is 5.75 Å². The molecule has 1 aromatic carbocycles. The number of ether oxygens (including phenoxy) is 1. The van der Waals surface area contributed by atoms with E-state index in [-0.39, 0.29) is 5.75 Å². The van der Waals surface area contributed by atoms with Gasteiger partial charge in [0.1, 0.15) is 5.75 Å². The Bertz CT molecular complexity index is 447. The number of carbonyl (C=O) groups is 1. The summed E-state index contributed by atoms with van der Waals surface area (Å²) in [6, 6.07) is 5.32. The second kappa shape index (κ2) is 4.19. The Morgan fingerprint density at radius 3 is 2.22 bits per heavy atom. The minimum atomic E-state index is -4.71. The van der Waals surface area contributed by atoms with E-state index in [2.05, 4.69) is 4.74 Å². The highest BCUT2D eigenvalue weighted by Gasteiger charge is 2.49. The van der Waals surface area contributed by atoms with Gasteiger partial charge in [-0.25, -0.2) is 0 Å². The number of hydrogen-bond acceptors (Lipinski definition) is 2. The minimum absolute atomic E-state index is 0.300. The Balaban J connectivity index is 2.02. The Kier molecular flexibility index (Phi) is 2.96. The number of halogens is 3. The van der Waals surface area contributed by atoms with Crippen LogP contribution in [0.1, 0.15) is 18.4 Å². The Labute approximate surface area is 101 Å². The van der Waals surface area contributed by atoms with Crippen molar-refractivity contribution < 1.29 is 27.8 Å². The van der Waals surface area contributed by atoms with Gasteiger partial charge in [-0.1, -0.05) is 12.1 Å². The molecule has 0 spiro atoms. The smallest absolute Gasteiger partial charge is 0.481 e. The van der Waals surface area contributed by atoms with E-state index in [1.807, 2.05) is 0 Å². The van der Waals surface area contributed by atoms with Crippen molar-refractivity contribution in [3.63, 3.8) is 0 Å². The zero-order valence-electron chi connectivity index (χ0n) is 9.33. The summed E-state index contributed by atoms with van der Waals surface area (Å²) >= 11 is 0. The quantitative estimate of drug-likeness (QED) is 0.905. The highest BCUT2D eigenvalue weighted by molar-refractivity contribution is 5.78. The van der Waals surface area contributed by atoms with E-state index >= 15 is 0 Å². The molecule has 98 valence electrons. The van der Waals surface area contributed by atoms with E-state index in [0.29, 0.717) is 24.8 Å². The van der Waals surface area contributed by atoms with Crippen molar-refractivity contribution in [2.75, 3.05) is 0 Å². The number of alkyl halides is 3.